The maximum Gasteiger partial charge on any atom is 0.267 e. The summed E-state index contributed by atoms with van der Waals surface area (Å²) in [6.07, 6.45) is 3.50. The predicted octanol–water partition coefficient (Wildman–Crippen LogP) is 2.41. The van der Waals surface area contributed by atoms with Gasteiger partial charge < -0.3 is 14.4 Å². The first-order chi connectivity index (χ1) is 11.1. The molecule has 0 spiro atoms. The number of rotatable bonds is 4. The molecular weight excluding hydrogens is 292 g/mol. The number of nitrogens with zero attached hydrogens (tertiary/aromatic N) is 3. The fourth-order valence-electron chi connectivity index (χ4n) is 3.43. The molecule has 6 heteroatoms. The van der Waals surface area contributed by atoms with Crippen molar-refractivity contribution >= 4 is 5.91 Å². The third kappa shape index (κ3) is 3.17. The molecule has 0 radical (unpaired) electrons. The standard InChI is InChI=1S/C17H24N4O2/c1-12-10-13(19-23-12)11-21-9-5-4-6-15(21)14-7-8-16(20(14)3)17(22)18-2/h7-8,10,15H,4-6,9,11H2,1-3H3,(H,18,22)/t15-/m1/s1. The topological polar surface area (TPSA) is 63.3 Å². The first kappa shape index (κ1) is 15.8. The van der Waals surface area contributed by atoms with Crippen LogP contribution in [0.3, 0.4) is 0 Å². The molecule has 23 heavy (non-hydrogen) atoms. The number of nitrogens with one attached hydrogen (secondary N) is 1. The number of amides is 1. The summed E-state index contributed by atoms with van der Waals surface area (Å²) >= 11 is 0. The summed E-state index contributed by atoms with van der Waals surface area (Å²) in [5.74, 6) is 0.794. The highest BCUT2D eigenvalue weighted by molar-refractivity contribution is 5.92. The molecule has 1 saturated heterocycles. The van der Waals surface area contributed by atoms with Gasteiger partial charge in [-0.25, -0.2) is 0 Å². The molecule has 0 bridgehead atoms. The van der Waals surface area contributed by atoms with E-state index in [-0.39, 0.29) is 5.91 Å². The molecule has 3 heterocycles. The van der Waals surface area contributed by atoms with E-state index in [1.807, 2.05) is 30.7 Å². The lowest BCUT2D eigenvalue weighted by Crippen LogP contribution is -2.34. The van der Waals surface area contributed by atoms with E-state index in [9.17, 15) is 4.79 Å². The Labute approximate surface area is 136 Å². The van der Waals surface area contributed by atoms with Gasteiger partial charge in [0, 0.05) is 32.4 Å². The molecule has 1 amide bonds. The molecule has 2 aromatic heterocycles. The van der Waals surface area contributed by atoms with Gasteiger partial charge in [0.2, 0.25) is 0 Å². The van der Waals surface area contributed by atoms with Crippen LogP contribution in [0.5, 0.6) is 0 Å². The van der Waals surface area contributed by atoms with Crippen molar-refractivity contribution in [2.75, 3.05) is 13.6 Å². The van der Waals surface area contributed by atoms with Gasteiger partial charge in [0.25, 0.3) is 5.91 Å². The van der Waals surface area contributed by atoms with Crippen LogP contribution in [0.25, 0.3) is 0 Å². The van der Waals surface area contributed by atoms with Crippen molar-refractivity contribution in [2.45, 2.75) is 38.8 Å². The predicted molar refractivity (Wildman–Crippen MR) is 87.0 cm³/mol. The van der Waals surface area contributed by atoms with Gasteiger partial charge in [-0.1, -0.05) is 11.6 Å². The van der Waals surface area contributed by atoms with Gasteiger partial charge in [-0.15, -0.1) is 0 Å². The Bertz CT molecular complexity index is 689. The number of carbonyl (C=O) groups is 1. The Hall–Kier alpha value is -2.08. The van der Waals surface area contributed by atoms with Crippen LogP contribution in [0.15, 0.2) is 22.7 Å². The number of hydrogen-bond donors (Lipinski definition) is 1. The third-order valence-corrected chi connectivity index (χ3v) is 4.62. The summed E-state index contributed by atoms with van der Waals surface area (Å²) < 4.78 is 7.20. The molecule has 124 valence electrons. The van der Waals surface area contributed by atoms with Crippen LogP contribution in [0.2, 0.25) is 0 Å². The molecule has 1 aliphatic heterocycles. The Balaban J connectivity index is 1.84. The molecule has 0 aliphatic carbocycles. The second-order valence-corrected chi connectivity index (χ2v) is 6.19. The highest BCUT2D eigenvalue weighted by Crippen LogP contribution is 2.32. The van der Waals surface area contributed by atoms with Gasteiger partial charge in [-0.2, -0.15) is 0 Å². The SMILES string of the molecule is CNC(=O)c1ccc([C@H]2CCCCN2Cc2cc(C)on2)n1C. The zero-order chi connectivity index (χ0) is 16.4. The van der Waals surface area contributed by atoms with E-state index in [1.54, 1.807) is 7.05 Å². The summed E-state index contributed by atoms with van der Waals surface area (Å²) in [6, 6.07) is 6.28. The van der Waals surface area contributed by atoms with Crippen molar-refractivity contribution < 1.29 is 9.32 Å². The fraction of sp³-hybridized carbons (Fsp3) is 0.529. The first-order valence-corrected chi connectivity index (χ1v) is 8.14. The minimum atomic E-state index is -0.0479. The highest BCUT2D eigenvalue weighted by Gasteiger charge is 2.27. The maximum absolute atomic E-state index is 11.9. The molecule has 2 aromatic rings. The van der Waals surface area contributed by atoms with Crippen LogP contribution >= 0.6 is 0 Å². The zero-order valence-corrected chi connectivity index (χ0v) is 14.0. The second kappa shape index (κ2) is 6.58. The summed E-state index contributed by atoms with van der Waals surface area (Å²) in [5.41, 5.74) is 2.85. The minimum absolute atomic E-state index is 0.0479. The smallest absolute Gasteiger partial charge is 0.267 e. The average Bonchev–Trinajstić information content (AvgIpc) is 3.13. The van der Waals surface area contributed by atoms with E-state index in [1.165, 1.54) is 18.5 Å². The van der Waals surface area contributed by atoms with Gasteiger partial charge in [0.15, 0.2) is 0 Å². The number of piperidine rings is 1. The first-order valence-electron chi connectivity index (χ1n) is 8.14. The van der Waals surface area contributed by atoms with Crippen molar-refractivity contribution in [1.82, 2.24) is 19.9 Å². The lowest BCUT2D eigenvalue weighted by Gasteiger charge is -2.35. The number of carbonyl (C=O) groups excluding carboxylic acids is 1. The fourth-order valence-corrected chi connectivity index (χ4v) is 3.43. The van der Waals surface area contributed by atoms with E-state index in [4.69, 9.17) is 4.52 Å². The van der Waals surface area contributed by atoms with Gasteiger partial charge in [-0.05, 0) is 38.4 Å². The third-order valence-electron chi connectivity index (χ3n) is 4.62. The van der Waals surface area contributed by atoms with Crippen LogP contribution in [-0.4, -0.2) is 34.1 Å². The van der Waals surface area contributed by atoms with Crippen LogP contribution in [-0.2, 0) is 13.6 Å². The highest BCUT2D eigenvalue weighted by atomic mass is 16.5. The number of likely N-dealkylation sites (tertiary alicyclic amines) is 1. The Kier molecular flexibility index (Phi) is 4.52. The van der Waals surface area contributed by atoms with Crippen LogP contribution in [0.4, 0.5) is 0 Å². The molecule has 0 unspecified atom stereocenters. The van der Waals surface area contributed by atoms with E-state index in [0.29, 0.717) is 11.7 Å². The Morgan fingerprint density at radius 2 is 2.26 bits per heavy atom. The van der Waals surface area contributed by atoms with Gasteiger partial charge >= 0.3 is 0 Å². The number of hydrogen-bond acceptors (Lipinski definition) is 4. The minimum Gasteiger partial charge on any atom is -0.361 e. The maximum atomic E-state index is 11.9. The van der Waals surface area contributed by atoms with Crippen molar-refractivity contribution in [3.05, 3.63) is 41.0 Å². The van der Waals surface area contributed by atoms with Crippen molar-refractivity contribution in [1.29, 1.82) is 0 Å². The van der Waals surface area contributed by atoms with Crippen molar-refractivity contribution in [2.24, 2.45) is 7.05 Å². The van der Waals surface area contributed by atoms with E-state index < -0.39 is 0 Å². The molecule has 1 N–H and O–H groups in total. The van der Waals surface area contributed by atoms with Crippen LogP contribution in [0.1, 0.15) is 52.9 Å². The molecular formula is C17H24N4O2. The second-order valence-electron chi connectivity index (χ2n) is 6.19. The van der Waals surface area contributed by atoms with Crippen LogP contribution < -0.4 is 5.32 Å². The molecule has 6 nitrogen and oxygen atoms in total. The molecule has 1 aliphatic rings. The Morgan fingerprint density at radius 1 is 1.43 bits per heavy atom. The zero-order valence-electron chi connectivity index (χ0n) is 14.0. The monoisotopic (exact) mass is 316 g/mol. The quantitative estimate of drug-likeness (QED) is 0.941. The lowest BCUT2D eigenvalue weighted by atomic mass is 9.99. The van der Waals surface area contributed by atoms with Gasteiger partial charge in [-0.3, -0.25) is 9.69 Å². The van der Waals surface area contributed by atoms with E-state index in [2.05, 4.69) is 21.4 Å². The lowest BCUT2D eigenvalue weighted by molar-refractivity contribution is 0.0952. The molecule has 1 atom stereocenters. The number of aromatic nitrogens is 2. The van der Waals surface area contributed by atoms with E-state index in [0.717, 1.165) is 31.0 Å². The molecule has 1 fully saturated rings. The molecule has 0 saturated carbocycles. The molecule has 3 rings (SSSR count). The van der Waals surface area contributed by atoms with E-state index >= 15 is 0 Å². The number of aryl methyl sites for hydroxylation is 1. The summed E-state index contributed by atoms with van der Waals surface area (Å²) in [5, 5.41) is 6.82. The van der Waals surface area contributed by atoms with Crippen molar-refractivity contribution in [3.63, 3.8) is 0 Å². The van der Waals surface area contributed by atoms with Gasteiger partial charge in [0.05, 0.1) is 11.7 Å². The normalized spacial score (nSPS) is 19.0. The average molecular weight is 316 g/mol. The summed E-state index contributed by atoms with van der Waals surface area (Å²) in [7, 11) is 3.63. The molecule has 0 aromatic carbocycles. The van der Waals surface area contributed by atoms with Crippen LogP contribution in [0, 0.1) is 6.92 Å². The summed E-state index contributed by atoms with van der Waals surface area (Å²) in [4.78, 5) is 14.4. The Morgan fingerprint density at radius 3 is 2.96 bits per heavy atom. The van der Waals surface area contributed by atoms with Crippen molar-refractivity contribution in [3.8, 4) is 0 Å². The van der Waals surface area contributed by atoms with Gasteiger partial charge in [0.1, 0.15) is 11.5 Å². The largest absolute Gasteiger partial charge is 0.361 e. The summed E-state index contributed by atoms with van der Waals surface area (Å²) in [6.45, 7) is 3.73.